The van der Waals surface area contributed by atoms with Gasteiger partial charge in [0.1, 0.15) is 11.6 Å². The largest absolute Gasteiger partial charge is 0.494 e. The fourth-order valence-corrected chi connectivity index (χ4v) is 2.79. The van der Waals surface area contributed by atoms with Crippen LogP contribution in [0.25, 0.3) is 0 Å². The van der Waals surface area contributed by atoms with Crippen molar-refractivity contribution in [3.05, 3.63) is 65.2 Å². The van der Waals surface area contributed by atoms with Crippen LogP contribution in [0.1, 0.15) is 29.2 Å². The van der Waals surface area contributed by atoms with Crippen molar-refractivity contribution in [2.75, 3.05) is 34.4 Å². The van der Waals surface area contributed by atoms with Crippen LogP contribution in [0.15, 0.2) is 48.5 Å². The highest BCUT2D eigenvalue weighted by molar-refractivity contribution is 5.94. The Bertz CT molecular complexity index is 789. The molecule has 1 atom stereocenters. The lowest BCUT2D eigenvalue weighted by Crippen LogP contribution is -2.30. The number of hydrogen-bond donors (Lipinski definition) is 3. The Morgan fingerprint density at radius 2 is 1.79 bits per heavy atom. The number of amides is 1. The molecule has 2 rings (SSSR count). The van der Waals surface area contributed by atoms with Gasteiger partial charge in [0, 0.05) is 25.8 Å². The second-order valence-electron chi connectivity index (χ2n) is 7.02. The lowest BCUT2D eigenvalue weighted by Gasteiger charge is -2.16. The molecule has 2 aromatic rings. The van der Waals surface area contributed by atoms with Gasteiger partial charge in [-0.1, -0.05) is 36.4 Å². The third kappa shape index (κ3) is 7.21. The van der Waals surface area contributed by atoms with Gasteiger partial charge in [-0.25, -0.2) is 0 Å². The maximum atomic E-state index is 12.6. The lowest BCUT2D eigenvalue weighted by atomic mass is 10.1. The molecule has 0 aliphatic carbocycles. The van der Waals surface area contributed by atoms with Gasteiger partial charge in [0.15, 0.2) is 6.10 Å². The zero-order chi connectivity index (χ0) is 21.2. The van der Waals surface area contributed by atoms with E-state index in [1.807, 2.05) is 50.5 Å². The van der Waals surface area contributed by atoms with Crippen LogP contribution in [0.2, 0.25) is 0 Å². The van der Waals surface area contributed by atoms with Gasteiger partial charge in [-0.15, -0.1) is 0 Å². The van der Waals surface area contributed by atoms with Crippen LogP contribution in [0.4, 0.5) is 0 Å². The fraction of sp³-hybridized carbons (Fsp3) is 0.364. The van der Waals surface area contributed by atoms with E-state index in [9.17, 15) is 4.79 Å². The molecule has 1 unspecified atom stereocenters. The number of carbonyl (C=O) groups excluding carboxylic acids is 1. The van der Waals surface area contributed by atoms with E-state index in [1.54, 1.807) is 12.1 Å². The zero-order valence-electron chi connectivity index (χ0n) is 17.3. The van der Waals surface area contributed by atoms with E-state index in [0.29, 0.717) is 18.7 Å². The number of methoxy groups -OCH3 is 1. The van der Waals surface area contributed by atoms with Crippen molar-refractivity contribution in [1.29, 1.82) is 5.41 Å². The fourth-order valence-electron chi connectivity index (χ4n) is 2.79. The number of nitrogens with one attached hydrogen (secondary N) is 2. The maximum Gasteiger partial charge on any atom is 0.254 e. The molecular formula is C22H30N4O3. The predicted octanol–water partition coefficient (Wildman–Crippen LogP) is 2.31. The smallest absolute Gasteiger partial charge is 0.254 e. The summed E-state index contributed by atoms with van der Waals surface area (Å²) in [6, 6.07) is 14.6. The molecule has 2 aromatic carbocycles. The molecule has 0 aliphatic rings. The molecule has 7 heteroatoms. The van der Waals surface area contributed by atoms with E-state index in [2.05, 4.69) is 10.2 Å². The summed E-state index contributed by atoms with van der Waals surface area (Å²) < 4.78 is 11.1. The van der Waals surface area contributed by atoms with Crippen LogP contribution in [0.3, 0.4) is 0 Å². The minimum absolute atomic E-state index is 0.0187. The number of nitrogens with zero attached hydrogens (tertiary/aromatic N) is 1. The van der Waals surface area contributed by atoms with Gasteiger partial charge < -0.3 is 25.4 Å². The second kappa shape index (κ2) is 11.2. The van der Waals surface area contributed by atoms with Gasteiger partial charge in [-0.2, -0.15) is 0 Å². The number of ether oxygens (including phenoxy) is 2. The third-order valence-electron chi connectivity index (χ3n) is 4.41. The molecule has 0 spiro atoms. The van der Waals surface area contributed by atoms with Crippen LogP contribution in [0, 0.1) is 5.41 Å². The molecule has 4 N–H and O–H groups in total. The van der Waals surface area contributed by atoms with Gasteiger partial charge in [0.05, 0.1) is 6.61 Å². The summed E-state index contributed by atoms with van der Waals surface area (Å²) in [7, 11) is 5.58. The summed E-state index contributed by atoms with van der Waals surface area (Å²) in [5, 5.41) is 10.3. The zero-order valence-corrected chi connectivity index (χ0v) is 17.3. The summed E-state index contributed by atoms with van der Waals surface area (Å²) in [5.74, 6) is 0.571. The molecule has 156 valence electrons. The van der Waals surface area contributed by atoms with E-state index < -0.39 is 6.10 Å². The van der Waals surface area contributed by atoms with Crippen LogP contribution >= 0.6 is 0 Å². The van der Waals surface area contributed by atoms with Gasteiger partial charge in [0.25, 0.3) is 5.91 Å². The SMILES string of the molecule is COC(C(=O)NCc1ccc(C(=N)N)cc1)c1ccc(OCCCN(C)C)cc1. The summed E-state index contributed by atoms with van der Waals surface area (Å²) in [6.07, 6.45) is 0.250. The molecule has 0 aromatic heterocycles. The van der Waals surface area contributed by atoms with E-state index in [-0.39, 0.29) is 11.7 Å². The van der Waals surface area contributed by atoms with Gasteiger partial charge in [-0.3, -0.25) is 10.2 Å². The standard InChI is InChI=1S/C22H30N4O3/c1-26(2)13-4-14-29-19-11-9-17(10-12-19)20(28-3)22(27)25-15-16-5-7-18(8-6-16)21(23)24/h5-12,20H,4,13-15H2,1-3H3,(H3,23,24)(H,25,27). The van der Waals surface area contributed by atoms with Gasteiger partial charge in [-0.05, 0) is 43.8 Å². The van der Waals surface area contributed by atoms with Crippen molar-refractivity contribution >= 4 is 11.7 Å². The third-order valence-corrected chi connectivity index (χ3v) is 4.41. The minimum Gasteiger partial charge on any atom is -0.494 e. The normalized spacial score (nSPS) is 11.9. The van der Waals surface area contributed by atoms with Crippen LogP contribution in [0.5, 0.6) is 5.75 Å². The van der Waals surface area contributed by atoms with Gasteiger partial charge in [0.2, 0.25) is 0 Å². The maximum absolute atomic E-state index is 12.6. The topological polar surface area (TPSA) is 101 Å². The number of amidine groups is 1. The molecule has 0 fully saturated rings. The predicted molar refractivity (Wildman–Crippen MR) is 114 cm³/mol. The molecule has 0 heterocycles. The van der Waals surface area contributed by atoms with Crippen molar-refractivity contribution < 1.29 is 14.3 Å². The van der Waals surface area contributed by atoms with E-state index in [0.717, 1.165) is 29.8 Å². The highest BCUT2D eigenvalue weighted by Crippen LogP contribution is 2.21. The first-order chi connectivity index (χ1) is 13.9. The number of carbonyl (C=O) groups is 1. The number of hydrogen-bond acceptors (Lipinski definition) is 5. The lowest BCUT2D eigenvalue weighted by molar-refractivity contribution is -0.131. The Balaban J connectivity index is 1.88. The summed E-state index contributed by atoms with van der Waals surface area (Å²) in [5.41, 5.74) is 7.78. The van der Waals surface area contributed by atoms with Crippen molar-refractivity contribution in [2.24, 2.45) is 5.73 Å². The van der Waals surface area contributed by atoms with Crippen LogP contribution in [-0.2, 0) is 16.1 Å². The van der Waals surface area contributed by atoms with Crippen molar-refractivity contribution in [1.82, 2.24) is 10.2 Å². The van der Waals surface area contributed by atoms with E-state index in [1.165, 1.54) is 7.11 Å². The number of benzene rings is 2. The monoisotopic (exact) mass is 398 g/mol. The van der Waals surface area contributed by atoms with Crippen LogP contribution < -0.4 is 15.8 Å². The van der Waals surface area contributed by atoms with E-state index in [4.69, 9.17) is 20.6 Å². The van der Waals surface area contributed by atoms with Crippen LogP contribution in [-0.4, -0.2) is 51.0 Å². The average molecular weight is 399 g/mol. The first kappa shape index (κ1) is 22.4. The van der Waals surface area contributed by atoms with Gasteiger partial charge >= 0.3 is 0 Å². The van der Waals surface area contributed by atoms with Crippen molar-refractivity contribution in [3.8, 4) is 5.75 Å². The number of rotatable bonds is 11. The van der Waals surface area contributed by atoms with Crippen molar-refractivity contribution in [3.63, 3.8) is 0 Å². The number of nitrogens with two attached hydrogens (primary N) is 1. The molecule has 0 bridgehead atoms. The average Bonchev–Trinajstić information content (AvgIpc) is 2.71. The number of nitrogen functional groups attached to an aromatic ring is 1. The summed E-state index contributed by atoms with van der Waals surface area (Å²) in [4.78, 5) is 14.7. The Labute approximate surface area is 172 Å². The van der Waals surface area contributed by atoms with Crippen molar-refractivity contribution in [2.45, 2.75) is 19.1 Å². The highest BCUT2D eigenvalue weighted by atomic mass is 16.5. The molecule has 0 saturated heterocycles. The summed E-state index contributed by atoms with van der Waals surface area (Å²) >= 11 is 0. The molecule has 0 radical (unpaired) electrons. The Morgan fingerprint density at radius 3 is 2.34 bits per heavy atom. The summed E-state index contributed by atoms with van der Waals surface area (Å²) in [6.45, 7) is 1.99. The second-order valence-corrected chi connectivity index (χ2v) is 7.02. The Hall–Kier alpha value is -2.90. The molecule has 7 nitrogen and oxygen atoms in total. The molecule has 1 amide bonds. The molecule has 29 heavy (non-hydrogen) atoms. The Kier molecular flexibility index (Phi) is 8.64. The van der Waals surface area contributed by atoms with E-state index >= 15 is 0 Å². The minimum atomic E-state index is -0.700. The first-order valence-corrected chi connectivity index (χ1v) is 9.52. The quantitative estimate of drug-likeness (QED) is 0.306. The first-order valence-electron chi connectivity index (χ1n) is 9.52. The Morgan fingerprint density at radius 1 is 1.14 bits per heavy atom. The molecule has 0 saturated carbocycles. The highest BCUT2D eigenvalue weighted by Gasteiger charge is 2.19. The molecular weight excluding hydrogens is 368 g/mol. The molecule has 0 aliphatic heterocycles.